The molecular weight excluding hydrogens is 254 g/mol. The van der Waals surface area contributed by atoms with Gasteiger partial charge in [-0.25, -0.2) is 0 Å². The van der Waals surface area contributed by atoms with E-state index in [2.05, 4.69) is 6.58 Å². The van der Waals surface area contributed by atoms with E-state index in [1.807, 2.05) is 24.3 Å². The van der Waals surface area contributed by atoms with Gasteiger partial charge in [-0.2, -0.15) is 0 Å². The van der Waals surface area contributed by atoms with Gasteiger partial charge in [-0.1, -0.05) is 24.3 Å². The SMILES string of the molecule is C=C(C)[C@@H](O)Cc1c(OC)c2ccccc2n(C)c1=O. The van der Waals surface area contributed by atoms with Crippen LogP contribution < -0.4 is 10.3 Å². The molecule has 1 aromatic carbocycles. The molecule has 0 aliphatic rings. The van der Waals surface area contributed by atoms with Crippen LogP contribution in [0, 0.1) is 0 Å². The topological polar surface area (TPSA) is 51.5 Å². The molecule has 0 fully saturated rings. The predicted molar refractivity (Wildman–Crippen MR) is 80.3 cm³/mol. The molecule has 0 aliphatic heterocycles. The van der Waals surface area contributed by atoms with Crippen molar-refractivity contribution in [3.8, 4) is 5.75 Å². The molecule has 2 aromatic rings. The zero-order valence-corrected chi connectivity index (χ0v) is 12.0. The van der Waals surface area contributed by atoms with Gasteiger partial charge in [0.25, 0.3) is 5.56 Å². The lowest BCUT2D eigenvalue weighted by Crippen LogP contribution is -2.26. The van der Waals surface area contributed by atoms with Gasteiger partial charge in [0.2, 0.25) is 0 Å². The lowest BCUT2D eigenvalue weighted by Gasteiger charge is -2.17. The monoisotopic (exact) mass is 273 g/mol. The number of rotatable bonds is 4. The summed E-state index contributed by atoms with van der Waals surface area (Å²) in [4.78, 5) is 12.5. The van der Waals surface area contributed by atoms with E-state index in [9.17, 15) is 9.90 Å². The number of aliphatic hydroxyl groups excluding tert-OH is 1. The van der Waals surface area contributed by atoms with E-state index in [1.54, 1.807) is 18.5 Å². The van der Waals surface area contributed by atoms with E-state index >= 15 is 0 Å². The zero-order valence-electron chi connectivity index (χ0n) is 12.0. The van der Waals surface area contributed by atoms with Crippen molar-refractivity contribution in [2.24, 2.45) is 7.05 Å². The summed E-state index contributed by atoms with van der Waals surface area (Å²) in [6, 6.07) is 7.56. The normalized spacial score (nSPS) is 12.4. The molecule has 0 unspecified atom stereocenters. The first kappa shape index (κ1) is 14.3. The number of benzene rings is 1. The van der Waals surface area contributed by atoms with Crippen LogP contribution in [0.1, 0.15) is 12.5 Å². The van der Waals surface area contributed by atoms with Crippen LogP contribution in [0.25, 0.3) is 10.9 Å². The number of aliphatic hydroxyl groups is 1. The molecule has 0 saturated heterocycles. The molecule has 2 rings (SSSR count). The van der Waals surface area contributed by atoms with E-state index < -0.39 is 6.10 Å². The summed E-state index contributed by atoms with van der Waals surface area (Å²) >= 11 is 0. The summed E-state index contributed by atoms with van der Waals surface area (Å²) in [6.07, 6.45) is -0.548. The highest BCUT2D eigenvalue weighted by Crippen LogP contribution is 2.28. The lowest BCUT2D eigenvalue weighted by molar-refractivity contribution is 0.210. The second kappa shape index (κ2) is 5.51. The molecule has 0 amide bonds. The summed E-state index contributed by atoms with van der Waals surface area (Å²) in [6.45, 7) is 5.46. The molecule has 0 aliphatic carbocycles. The van der Waals surface area contributed by atoms with Crippen LogP contribution >= 0.6 is 0 Å². The number of hydrogen-bond acceptors (Lipinski definition) is 3. The summed E-state index contributed by atoms with van der Waals surface area (Å²) in [7, 11) is 3.26. The second-order valence-corrected chi connectivity index (χ2v) is 4.96. The molecule has 1 atom stereocenters. The minimum absolute atomic E-state index is 0.152. The van der Waals surface area contributed by atoms with Crippen LogP contribution in [0.3, 0.4) is 0 Å². The maximum absolute atomic E-state index is 12.5. The van der Waals surface area contributed by atoms with Crippen LogP contribution in [0.15, 0.2) is 41.2 Å². The van der Waals surface area contributed by atoms with E-state index in [0.29, 0.717) is 16.9 Å². The molecule has 0 saturated carbocycles. The Bertz CT molecular complexity index is 715. The first-order chi connectivity index (χ1) is 9.47. The maximum atomic E-state index is 12.5. The number of hydrogen-bond donors (Lipinski definition) is 1. The van der Waals surface area contributed by atoms with Gasteiger partial charge < -0.3 is 14.4 Å². The zero-order chi connectivity index (χ0) is 14.9. The van der Waals surface area contributed by atoms with Gasteiger partial charge >= 0.3 is 0 Å². The number of nitrogens with zero attached hydrogens (tertiary/aromatic N) is 1. The lowest BCUT2D eigenvalue weighted by atomic mass is 10.0. The van der Waals surface area contributed by atoms with Gasteiger partial charge in [-0.3, -0.25) is 4.79 Å². The van der Waals surface area contributed by atoms with Gasteiger partial charge in [-0.15, -0.1) is 0 Å². The molecule has 0 spiro atoms. The van der Waals surface area contributed by atoms with E-state index in [-0.39, 0.29) is 12.0 Å². The van der Waals surface area contributed by atoms with Gasteiger partial charge in [-0.05, 0) is 19.1 Å². The standard InChI is InChI=1S/C16H19NO3/c1-10(2)14(18)9-12-15(20-4)11-7-5-6-8-13(11)17(3)16(12)19/h5-8,14,18H,1,9H2,2-4H3/t14-/m0/s1. The Kier molecular flexibility index (Phi) is 3.95. The number of aryl methyl sites for hydroxylation is 1. The number of pyridine rings is 1. The van der Waals surface area contributed by atoms with Crippen LogP contribution in [-0.2, 0) is 13.5 Å². The molecule has 0 bridgehead atoms. The van der Waals surface area contributed by atoms with Crippen molar-refractivity contribution in [2.75, 3.05) is 7.11 Å². The number of aromatic nitrogens is 1. The quantitative estimate of drug-likeness (QED) is 0.867. The fourth-order valence-corrected chi connectivity index (χ4v) is 2.31. The molecule has 20 heavy (non-hydrogen) atoms. The fraction of sp³-hybridized carbons (Fsp3) is 0.312. The Labute approximate surface area is 117 Å². The highest BCUT2D eigenvalue weighted by atomic mass is 16.5. The van der Waals surface area contributed by atoms with Crippen molar-refractivity contribution in [1.29, 1.82) is 0 Å². The number of fused-ring (bicyclic) bond motifs is 1. The van der Waals surface area contributed by atoms with Crippen molar-refractivity contribution < 1.29 is 9.84 Å². The molecule has 0 radical (unpaired) electrons. The summed E-state index contributed by atoms with van der Waals surface area (Å²) in [5.41, 5.74) is 1.76. The Hall–Kier alpha value is -2.07. The van der Waals surface area contributed by atoms with Crippen molar-refractivity contribution in [3.63, 3.8) is 0 Å². The van der Waals surface area contributed by atoms with Crippen molar-refractivity contribution in [1.82, 2.24) is 4.57 Å². The molecule has 1 N–H and O–H groups in total. The van der Waals surface area contributed by atoms with Crippen molar-refractivity contribution >= 4 is 10.9 Å². The third kappa shape index (κ3) is 2.34. The van der Waals surface area contributed by atoms with Crippen LogP contribution in [-0.4, -0.2) is 22.9 Å². The van der Waals surface area contributed by atoms with Crippen molar-refractivity contribution in [3.05, 3.63) is 52.3 Å². The Morgan fingerprint density at radius 3 is 2.70 bits per heavy atom. The summed E-state index contributed by atoms with van der Waals surface area (Å²) in [5.74, 6) is 0.531. The van der Waals surface area contributed by atoms with Gasteiger partial charge in [0, 0.05) is 18.9 Å². The van der Waals surface area contributed by atoms with Gasteiger partial charge in [0.1, 0.15) is 5.75 Å². The smallest absolute Gasteiger partial charge is 0.257 e. The largest absolute Gasteiger partial charge is 0.496 e. The second-order valence-electron chi connectivity index (χ2n) is 4.96. The first-order valence-corrected chi connectivity index (χ1v) is 6.45. The molecule has 1 heterocycles. The average molecular weight is 273 g/mol. The third-order valence-electron chi connectivity index (χ3n) is 3.52. The van der Waals surface area contributed by atoms with E-state index in [0.717, 1.165) is 10.9 Å². The van der Waals surface area contributed by atoms with E-state index in [4.69, 9.17) is 4.74 Å². The molecular formula is C16H19NO3. The van der Waals surface area contributed by atoms with Crippen LogP contribution in [0.5, 0.6) is 5.75 Å². The molecule has 4 heteroatoms. The highest BCUT2D eigenvalue weighted by Gasteiger charge is 2.18. The fourth-order valence-electron chi connectivity index (χ4n) is 2.31. The van der Waals surface area contributed by atoms with Gasteiger partial charge in [0.05, 0.1) is 24.3 Å². The Balaban J connectivity index is 2.73. The van der Waals surface area contributed by atoms with E-state index in [1.165, 1.54) is 7.11 Å². The summed E-state index contributed by atoms with van der Waals surface area (Å²) < 4.78 is 7.00. The average Bonchev–Trinajstić information content (AvgIpc) is 2.44. The Morgan fingerprint density at radius 1 is 1.45 bits per heavy atom. The number of methoxy groups -OCH3 is 1. The molecule has 1 aromatic heterocycles. The minimum atomic E-state index is -0.752. The van der Waals surface area contributed by atoms with Gasteiger partial charge in [0.15, 0.2) is 0 Å². The number of ether oxygens (including phenoxy) is 1. The Morgan fingerprint density at radius 2 is 2.10 bits per heavy atom. The predicted octanol–water partition coefficient (Wildman–Crippen LogP) is 2.03. The highest BCUT2D eigenvalue weighted by molar-refractivity contribution is 5.86. The molecule has 4 nitrogen and oxygen atoms in total. The number of para-hydroxylation sites is 1. The van der Waals surface area contributed by atoms with Crippen LogP contribution in [0.4, 0.5) is 0 Å². The first-order valence-electron chi connectivity index (χ1n) is 6.45. The van der Waals surface area contributed by atoms with Crippen molar-refractivity contribution in [2.45, 2.75) is 19.4 Å². The molecule has 106 valence electrons. The minimum Gasteiger partial charge on any atom is -0.496 e. The maximum Gasteiger partial charge on any atom is 0.257 e. The summed E-state index contributed by atoms with van der Waals surface area (Å²) in [5, 5.41) is 10.8. The third-order valence-corrected chi connectivity index (χ3v) is 3.52. The van der Waals surface area contributed by atoms with Crippen LogP contribution in [0.2, 0.25) is 0 Å².